The van der Waals surface area contributed by atoms with Gasteiger partial charge in [-0.05, 0) is 37.9 Å². The molecule has 6 heteroatoms. The van der Waals surface area contributed by atoms with Gasteiger partial charge < -0.3 is 15.3 Å². The lowest BCUT2D eigenvalue weighted by Crippen LogP contribution is -2.45. The van der Waals surface area contributed by atoms with Crippen molar-refractivity contribution in [2.45, 2.75) is 43.9 Å². The van der Waals surface area contributed by atoms with E-state index in [0.717, 1.165) is 30.9 Å². The highest BCUT2D eigenvalue weighted by Crippen LogP contribution is 2.27. The summed E-state index contributed by atoms with van der Waals surface area (Å²) in [6.07, 6.45) is 6.51. The average molecular weight is 300 g/mol. The zero-order valence-electron chi connectivity index (χ0n) is 12.2. The number of nitrogens with one attached hydrogen (secondary N) is 1. The van der Waals surface area contributed by atoms with E-state index in [1.165, 1.54) is 0 Å². The number of urea groups is 1. The highest BCUT2D eigenvalue weighted by Gasteiger charge is 2.37. The topological polar surface area (TPSA) is 69.6 Å². The van der Waals surface area contributed by atoms with Crippen LogP contribution in [-0.4, -0.2) is 52.6 Å². The van der Waals surface area contributed by atoms with E-state index < -0.39 is 11.9 Å². The lowest BCUT2D eigenvalue weighted by Gasteiger charge is -2.29. The Morgan fingerprint density at radius 3 is 2.35 bits per heavy atom. The van der Waals surface area contributed by atoms with Gasteiger partial charge in [0.05, 0.1) is 5.92 Å². The number of carbonyl (C=O) groups excluding carboxylic acids is 1. The minimum atomic E-state index is -0.798. The molecule has 0 aromatic heterocycles. The molecule has 2 atom stereocenters. The van der Waals surface area contributed by atoms with Gasteiger partial charge in [-0.3, -0.25) is 4.79 Å². The molecule has 114 valence electrons. The lowest BCUT2D eigenvalue weighted by atomic mass is 9.95. The molecule has 0 bridgehead atoms. The second kappa shape index (κ2) is 6.70. The van der Waals surface area contributed by atoms with Gasteiger partial charge in [0.25, 0.3) is 0 Å². The fraction of sp³-hybridized carbons (Fsp3) is 0.857. The van der Waals surface area contributed by atoms with Gasteiger partial charge in [-0.15, -0.1) is 0 Å². The first-order chi connectivity index (χ1) is 9.51. The average Bonchev–Trinajstić information content (AvgIpc) is 2.82. The predicted octanol–water partition coefficient (Wildman–Crippen LogP) is 2.02. The highest BCUT2D eigenvalue weighted by molar-refractivity contribution is 7.99. The Kier molecular flexibility index (Phi) is 5.18. The van der Waals surface area contributed by atoms with Crippen molar-refractivity contribution in [3.05, 3.63) is 0 Å². The summed E-state index contributed by atoms with van der Waals surface area (Å²) in [5.74, 6) is -1.19. The quantitative estimate of drug-likeness (QED) is 0.836. The van der Waals surface area contributed by atoms with E-state index in [1.807, 2.05) is 18.7 Å². The summed E-state index contributed by atoms with van der Waals surface area (Å²) in [5.41, 5.74) is 0. The Hall–Kier alpha value is -0.910. The van der Waals surface area contributed by atoms with Crippen molar-refractivity contribution in [3.63, 3.8) is 0 Å². The van der Waals surface area contributed by atoms with Crippen LogP contribution in [0.5, 0.6) is 0 Å². The molecule has 5 nitrogen and oxygen atoms in total. The van der Waals surface area contributed by atoms with E-state index in [2.05, 4.69) is 11.6 Å². The molecule has 0 spiro atoms. The van der Waals surface area contributed by atoms with E-state index in [-0.39, 0.29) is 18.0 Å². The van der Waals surface area contributed by atoms with E-state index >= 15 is 0 Å². The monoisotopic (exact) mass is 300 g/mol. The fourth-order valence-electron chi connectivity index (χ4n) is 3.16. The number of hydrogen-bond donors (Lipinski definition) is 2. The molecule has 2 aliphatic rings. The van der Waals surface area contributed by atoms with Crippen molar-refractivity contribution in [2.24, 2.45) is 11.8 Å². The molecule has 0 aromatic rings. The van der Waals surface area contributed by atoms with Crippen molar-refractivity contribution < 1.29 is 14.7 Å². The van der Waals surface area contributed by atoms with Gasteiger partial charge in [-0.2, -0.15) is 11.8 Å². The number of nitrogens with zero attached hydrogens (tertiary/aromatic N) is 1. The molecule has 1 saturated heterocycles. The summed E-state index contributed by atoms with van der Waals surface area (Å²) in [6.45, 7) is 2.78. The lowest BCUT2D eigenvalue weighted by molar-refractivity contribution is -0.142. The third kappa shape index (κ3) is 3.59. The number of carboxylic acid groups (broad SMARTS) is 1. The maximum Gasteiger partial charge on any atom is 0.317 e. The smallest absolute Gasteiger partial charge is 0.317 e. The normalized spacial score (nSPS) is 34.0. The molecule has 1 aliphatic carbocycles. The first-order valence-electron chi connectivity index (χ1n) is 7.32. The third-order valence-electron chi connectivity index (χ3n) is 4.55. The second-order valence-electron chi connectivity index (χ2n) is 5.99. The van der Waals surface area contributed by atoms with Crippen LogP contribution in [0, 0.1) is 11.8 Å². The minimum Gasteiger partial charge on any atom is -0.481 e. The molecule has 1 saturated carbocycles. The summed E-state index contributed by atoms with van der Waals surface area (Å²) < 4.78 is 0. The number of carboxylic acids is 1. The first kappa shape index (κ1) is 15.5. The van der Waals surface area contributed by atoms with Crippen LogP contribution >= 0.6 is 11.8 Å². The van der Waals surface area contributed by atoms with Gasteiger partial charge >= 0.3 is 12.0 Å². The van der Waals surface area contributed by atoms with Crippen LogP contribution in [-0.2, 0) is 4.79 Å². The Labute approximate surface area is 124 Å². The molecule has 1 aliphatic heterocycles. The van der Waals surface area contributed by atoms with Crippen molar-refractivity contribution in [1.29, 1.82) is 0 Å². The molecule has 2 N–H and O–H groups in total. The molecule has 2 unspecified atom stereocenters. The van der Waals surface area contributed by atoms with E-state index in [9.17, 15) is 9.59 Å². The summed E-state index contributed by atoms with van der Waals surface area (Å²) in [5, 5.41) is 12.9. The molecule has 1 heterocycles. The van der Waals surface area contributed by atoms with Crippen LogP contribution < -0.4 is 5.32 Å². The SMILES string of the molecule is CSC1CCC(NC(=O)N2CC(C)C(C(=O)O)C2)CC1. The van der Waals surface area contributed by atoms with Gasteiger partial charge in [0.2, 0.25) is 0 Å². The van der Waals surface area contributed by atoms with Crippen molar-refractivity contribution in [1.82, 2.24) is 10.2 Å². The number of hydrogen-bond acceptors (Lipinski definition) is 3. The molecular formula is C14H24N2O3S. The molecule has 20 heavy (non-hydrogen) atoms. The number of carbonyl (C=O) groups is 2. The summed E-state index contributed by atoms with van der Waals surface area (Å²) in [4.78, 5) is 24.9. The first-order valence-corrected chi connectivity index (χ1v) is 8.61. The van der Waals surface area contributed by atoms with Crippen molar-refractivity contribution in [2.75, 3.05) is 19.3 Å². The van der Waals surface area contributed by atoms with Crippen LogP contribution in [0.4, 0.5) is 4.79 Å². The maximum absolute atomic E-state index is 12.2. The summed E-state index contributed by atoms with van der Waals surface area (Å²) in [7, 11) is 0. The summed E-state index contributed by atoms with van der Waals surface area (Å²) in [6, 6.07) is 0.165. The number of rotatable bonds is 3. The minimum absolute atomic E-state index is 0.0328. The van der Waals surface area contributed by atoms with E-state index in [0.29, 0.717) is 13.1 Å². The fourth-order valence-corrected chi connectivity index (χ4v) is 3.91. The Morgan fingerprint density at radius 1 is 1.20 bits per heavy atom. The van der Waals surface area contributed by atoms with Crippen LogP contribution in [0.2, 0.25) is 0 Å². The molecule has 0 radical (unpaired) electrons. The van der Waals surface area contributed by atoms with Gasteiger partial charge in [0.1, 0.15) is 0 Å². The molecule has 2 amide bonds. The zero-order valence-corrected chi connectivity index (χ0v) is 13.0. The Bertz CT molecular complexity index is 369. The zero-order chi connectivity index (χ0) is 14.7. The van der Waals surface area contributed by atoms with Gasteiger partial charge in [-0.25, -0.2) is 4.79 Å². The van der Waals surface area contributed by atoms with Gasteiger partial charge in [0, 0.05) is 24.4 Å². The second-order valence-corrected chi connectivity index (χ2v) is 7.12. The van der Waals surface area contributed by atoms with Crippen LogP contribution in [0.25, 0.3) is 0 Å². The highest BCUT2D eigenvalue weighted by atomic mass is 32.2. The van der Waals surface area contributed by atoms with E-state index in [4.69, 9.17) is 5.11 Å². The number of amides is 2. The largest absolute Gasteiger partial charge is 0.481 e. The third-order valence-corrected chi connectivity index (χ3v) is 5.69. The number of likely N-dealkylation sites (tertiary alicyclic amines) is 1. The standard InChI is InChI=1S/C14H24N2O3S/c1-9-7-16(8-12(9)13(17)18)14(19)15-10-3-5-11(20-2)6-4-10/h9-12H,3-8H2,1-2H3,(H,15,19)(H,17,18). The van der Waals surface area contributed by atoms with E-state index in [1.54, 1.807) is 4.90 Å². The number of thioether (sulfide) groups is 1. The van der Waals surface area contributed by atoms with Crippen LogP contribution in [0.1, 0.15) is 32.6 Å². The van der Waals surface area contributed by atoms with Crippen molar-refractivity contribution >= 4 is 23.8 Å². The summed E-state index contributed by atoms with van der Waals surface area (Å²) >= 11 is 1.91. The molecule has 2 fully saturated rings. The maximum atomic E-state index is 12.2. The molecule has 0 aromatic carbocycles. The molecule has 2 rings (SSSR count). The predicted molar refractivity (Wildman–Crippen MR) is 80.0 cm³/mol. The van der Waals surface area contributed by atoms with Crippen LogP contribution in [0.15, 0.2) is 0 Å². The molecular weight excluding hydrogens is 276 g/mol. The van der Waals surface area contributed by atoms with Crippen molar-refractivity contribution in [3.8, 4) is 0 Å². The van der Waals surface area contributed by atoms with Gasteiger partial charge in [-0.1, -0.05) is 6.92 Å². The Morgan fingerprint density at radius 2 is 1.85 bits per heavy atom. The number of aliphatic carboxylic acids is 1. The van der Waals surface area contributed by atoms with Crippen LogP contribution in [0.3, 0.4) is 0 Å². The van der Waals surface area contributed by atoms with Gasteiger partial charge in [0.15, 0.2) is 0 Å². The Balaban J connectivity index is 1.80.